The summed E-state index contributed by atoms with van der Waals surface area (Å²) in [6, 6.07) is 12.4. The van der Waals surface area contributed by atoms with Gasteiger partial charge in [0.05, 0.1) is 12.2 Å². The molecule has 0 atom stereocenters. The zero-order valence-electron chi connectivity index (χ0n) is 16.6. The van der Waals surface area contributed by atoms with Gasteiger partial charge in [-0.15, -0.1) is 0 Å². The Balaban J connectivity index is 1.86. The van der Waals surface area contributed by atoms with E-state index in [1.165, 1.54) is 0 Å². The molecule has 26 heavy (non-hydrogen) atoms. The zero-order valence-corrected chi connectivity index (χ0v) is 16.6. The lowest BCUT2D eigenvalue weighted by atomic mass is 9.62. The maximum absolute atomic E-state index is 10.9. The molecule has 0 amide bonds. The van der Waals surface area contributed by atoms with Crippen LogP contribution in [0.2, 0.25) is 0 Å². The van der Waals surface area contributed by atoms with Gasteiger partial charge in [0.2, 0.25) is 0 Å². The number of hydrogen-bond acceptors (Lipinski definition) is 4. The molecule has 0 aliphatic heterocycles. The van der Waals surface area contributed by atoms with Crippen LogP contribution in [0.25, 0.3) is 0 Å². The standard InChI is InChI=1S/C22H30N2O2/c1-13-11-15(23(3)4)7-9-17(13)19-21(25)20(22(19)26)18-10-8-16(24(5)6)12-14(18)2/h7-12,19-22,25-26H,1-6H3. The molecular formula is C22H30N2O2. The molecule has 0 aromatic heterocycles. The maximum Gasteiger partial charge on any atom is 0.0727 e. The van der Waals surface area contributed by atoms with Crippen molar-refractivity contribution in [1.29, 1.82) is 0 Å². The van der Waals surface area contributed by atoms with Crippen LogP contribution in [0, 0.1) is 13.8 Å². The number of aliphatic hydroxyl groups excluding tert-OH is 2. The van der Waals surface area contributed by atoms with Gasteiger partial charge in [-0.05, 0) is 60.4 Å². The lowest BCUT2D eigenvalue weighted by molar-refractivity contribution is -0.0789. The van der Waals surface area contributed by atoms with Crippen LogP contribution in [0.1, 0.15) is 34.1 Å². The Bertz CT molecular complexity index is 725. The predicted molar refractivity (Wildman–Crippen MR) is 109 cm³/mol. The number of anilines is 2. The Morgan fingerprint density at radius 3 is 1.27 bits per heavy atom. The fraction of sp³-hybridized carbons (Fsp3) is 0.455. The first kappa shape index (κ1) is 18.7. The van der Waals surface area contributed by atoms with Gasteiger partial charge in [-0.25, -0.2) is 0 Å². The van der Waals surface area contributed by atoms with E-state index >= 15 is 0 Å². The molecule has 1 fully saturated rings. The minimum Gasteiger partial charge on any atom is -0.392 e. The highest BCUT2D eigenvalue weighted by Crippen LogP contribution is 2.50. The van der Waals surface area contributed by atoms with Gasteiger partial charge in [-0.2, -0.15) is 0 Å². The summed E-state index contributed by atoms with van der Waals surface area (Å²) in [6.45, 7) is 4.10. The van der Waals surface area contributed by atoms with Gasteiger partial charge in [0.15, 0.2) is 0 Å². The average Bonchev–Trinajstić information content (AvgIpc) is 2.58. The highest BCUT2D eigenvalue weighted by atomic mass is 16.3. The Kier molecular flexibility index (Phi) is 5.00. The number of aliphatic hydroxyl groups is 2. The second-order valence-corrected chi connectivity index (χ2v) is 7.90. The summed E-state index contributed by atoms with van der Waals surface area (Å²) < 4.78 is 0. The summed E-state index contributed by atoms with van der Waals surface area (Å²) >= 11 is 0. The van der Waals surface area contributed by atoms with Gasteiger partial charge in [0.1, 0.15) is 0 Å². The van der Waals surface area contributed by atoms with Crippen LogP contribution in [-0.2, 0) is 0 Å². The van der Waals surface area contributed by atoms with Crippen LogP contribution in [0.3, 0.4) is 0 Å². The van der Waals surface area contributed by atoms with Crippen molar-refractivity contribution >= 4 is 11.4 Å². The van der Waals surface area contributed by atoms with Crippen molar-refractivity contribution in [3.05, 3.63) is 58.7 Å². The van der Waals surface area contributed by atoms with E-state index in [0.29, 0.717) is 0 Å². The second kappa shape index (κ2) is 6.93. The molecule has 1 aliphatic carbocycles. The van der Waals surface area contributed by atoms with Crippen LogP contribution in [0.5, 0.6) is 0 Å². The third-order valence-corrected chi connectivity index (χ3v) is 5.73. The molecule has 3 rings (SSSR count). The summed E-state index contributed by atoms with van der Waals surface area (Å²) in [5.74, 6) is -0.465. The maximum atomic E-state index is 10.9. The van der Waals surface area contributed by atoms with Gasteiger partial charge in [0.25, 0.3) is 0 Å². The van der Waals surface area contributed by atoms with E-state index in [2.05, 4.69) is 21.9 Å². The highest BCUT2D eigenvalue weighted by molar-refractivity contribution is 5.54. The Morgan fingerprint density at radius 2 is 1.00 bits per heavy atom. The van der Waals surface area contributed by atoms with Crippen molar-refractivity contribution in [2.75, 3.05) is 38.0 Å². The Labute approximate surface area is 156 Å². The SMILES string of the molecule is Cc1cc(N(C)C)ccc1C1C(O)C(c2ccc(N(C)C)cc2C)C1O. The van der Waals surface area contributed by atoms with Crippen LogP contribution < -0.4 is 9.80 Å². The molecule has 140 valence electrons. The van der Waals surface area contributed by atoms with E-state index in [4.69, 9.17) is 0 Å². The third kappa shape index (κ3) is 3.08. The van der Waals surface area contributed by atoms with Crippen molar-refractivity contribution < 1.29 is 10.2 Å². The summed E-state index contributed by atoms with van der Waals surface area (Å²) in [6.07, 6.45) is -1.14. The molecule has 1 aliphatic rings. The first-order valence-electron chi connectivity index (χ1n) is 9.14. The van der Waals surface area contributed by atoms with E-state index in [1.54, 1.807) is 0 Å². The van der Waals surface area contributed by atoms with Crippen LogP contribution in [0.4, 0.5) is 11.4 Å². The van der Waals surface area contributed by atoms with Crippen LogP contribution in [0.15, 0.2) is 36.4 Å². The predicted octanol–water partition coefficient (Wildman–Crippen LogP) is 3.04. The average molecular weight is 354 g/mol. The summed E-state index contributed by atoms with van der Waals surface area (Å²) in [5, 5.41) is 21.7. The topological polar surface area (TPSA) is 46.9 Å². The first-order valence-corrected chi connectivity index (χ1v) is 9.14. The molecule has 0 spiro atoms. The monoisotopic (exact) mass is 354 g/mol. The van der Waals surface area contributed by atoms with E-state index in [-0.39, 0.29) is 11.8 Å². The lowest BCUT2D eigenvalue weighted by Crippen LogP contribution is -2.52. The first-order chi connectivity index (χ1) is 12.2. The molecule has 0 unspecified atom stereocenters. The molecule has 2 aromatic rings. The second-order valence-electron chi connectivity index (χ2n) is 7.90. The highest BCUT2D eigenvalue weighted by Gasteiger charge is 2.51. The number of benzene rings is 2. The number of nitrogens with zero attached hydrogens (tertiary/aromatic N) is 2. The van der Waals surface area contributed by atoms with Gasteiger partial charge >= 0.3 is 0 Å². The van der Waals surface area contributed by atoms with Crippen molar-refractivity contribution in [3.8, 4) is 0 Å². The van der Waals surface area contributed by atoms with Crippen molar-refractivity contribution in [2.45, 2.75) is 37.9 Å². The zero-order chi connectivity index (χ0) is 19.2. The summed E-state index contributed by atoms with van der Waals surface area (Å²) in [4.78, 5) is 4.12. The Morgan fingerprint density at radius 1 is 0.654 bits per heavy atom. The molecule has 0 saturated heterocycles. The van der Waals surface area contributed by atoms with Gasteiger partial charge < -0.3 is 20.0 Å². The molecule has 2 aromatic carbocycles. The number of hydrogen-bond donors (Lipinski definition) is 2. The lowest BCUT2D eigenvalue weighted by Gasteiger charge is -2.48. The van der Waals surface area contributed by atoms with Crippen LogP contribution >= 0.6 is 0 Å². The van der Waals surface area contributed by atoms with Crippen LogP contribution in [-0.4, -0.2) is 50.6 Å². The van der Waals surface area contributed by atoms with Crippen molar-refractivity contribution in [1.82, 2.24) is 0 Å². The molecule has 2 N–H and O–H groups in total. The Hall–Kier alpha value is -2.04. The smallest absolute Gasteiger partial charge is 0.0727 e. The molecule has 1 saturated carbocycles. The van der Waals surface area contributed by atoms with Gasteiger partial charge in [-0.3, -0.25) is 0 Å². The van der Waals surface area contributed by atoms with Gasteiger partial charge in [0, 0.05) is 51.4 Å². The molecule has 0 heterocycles. The quantitative estimate of drug-likeness (QED) is 0.886. The molecule has 4 nitrogen and oxygen atoms in total. The fourth-order valence-electron chi connectivity index (χ4n) is 4.07. The minimum atomic E-state index is -0.571. The molecular weight excluding hydrogens is 324 g/mol. The molecule has 4 heteroatoms. The molecule has 0 bridgehead atoms. The number of aryl methyl sites for hydroxylation is 2. The van der Waals surface area contributed by atoms with Crippen molar-refractivity contribution in [2.24, 2.45) is 0 Å². The number of rotatable bonds is 4. The fourth-order valence-corrected chi connectivity index (χ4v) is 4.07. The summed E-state index contributed by atoms with van der Waals surface area (Å²) in [5.41, 5.74) is 6.54. The normalized spacial score (nSPS) is 24.9. The van der Waals surface area contributed by atoms with E-state index in [1.807, 2.05) is 66.3 Å². The minimum absolute atomic E-state index is 0.232. The van der Waals surface area contributed by atoms with Gasteiger partial charge in [-0.1, -0.05) is 12.1 Å². The third-order valence-electron chi connectivity index (χ3n) is 5.73. The summed E-state index contributed by atoms with van der Waals surface area (Å²) in [7, 11) is 8.05. The van der Waals surface area contributed by atoms with E-state index < -0.39 is 12.2 Å². The van der Waals surface area contributed by atoms with Crippen molar-refractivity contribution in [3.63, 3.8) is 0 Å². The molecule has 0 radical (unpaired) electrons. The van der Waals surface area contributed by atoms with E-state index in [0.717, 1.165) is 33.6 Å². The van der Waals surface area contributed by atoms with E-state index in [9.17, 15) is 10.2 Å². The largest absolute Gasteiger partial charge is 0.392 e.